The molecule has 0 atom stereocenters. The van der Waals surface area contributed by atoms with Gasteiger partial charge in [-0.15, -0.1) is 5.10 Å². The summed E-state index contributed by atoms with van der Waals surface area (Å²) in [4.78, 5) is 17.8. The fourth-order valence-corrected chi connectivity index (χ4v) is 4.16. The third-order valence-electron chi connectivity index (χ3n) is 4.08. The number of aromatic nitrogens is 3. The molecule has 0 N–H and O–H groups in total. The summed E-state index contributed by atoms with van der Waals surface area (Å²) in [5.41, 5.74) is 1.49. The molecule has 2 aromatic heterocycles. The maximum atomic E-state index is 12.8. The predicted molar refractivity (Wildman–Crippen MR) is 113 cm³/mol. The Balaban J connectivity index is 1.76. The van der Waals surface area contributed by atoms with E-state index >= 15 is 0 Å². The fourth-order valence-electron chi connectivity index (χ4n) is 2.79. The van der Waals surface area contributed by atoms with Gasteiger partial charge in [-0.05, 0) is 42.8 Å². The van der Waals surface area contributed by atoms with Crippen molar-refractivity contribution in [1.82, 2.24) is 14.6 Å². The first kappa shape index (κ1) is 18.6. The number of halogens is 1. The lowest BCUT2D eigenvalue weighted by Gasteiger charge is -2.09. The van der Waals surface area contributed by atoms with Crippen LogP contribution >= 0.6 is 27.3 Å². The van der Waals surface area contributed by atoms with Crippen LogP contribution in [-0.4, -0.2) is 28.3 Å². The van der Waals surface area contributed by atoms with E-state index in [1.165, 1.54) is 15.9 Å². The van der Waals surface area contributed by atoms with E-state index in [1.54, 1.807) is 13.2 Å². The molecule has 28 heavy (non-hydrogen) atoms. The van der Waals surface area contributed by atoms with Gasteiger partial charge in [-0.2, -0.15) is 9.50 Å². The van der Waals surface area contributed by atoms with Gasteiger partial charge in [0.2, 0.25) is 4.96 Å². The fraction of sp³-hybridized carbons (Fsp3) is 0.150. The highest BCUT2D eigenvalue weighted by Crippen LogP contribution is 2.28. The molecule has 0 fully saturated rings. The second kappa shape index (κ2) is 7.73. The molecule has 4 rings (SSSR count). The van der Waals surface area contributed by atoms with E-state index in [0.717, 1.165) is 15.6 Å². The second-order valence-electron chi connectivity index (χ2n) is 5.87. The summed E-state index contributed by atoms with van der Waals surface area (Å²) >= 11 is 4.80. The second-order valence-corrected chi connectivity index (χ2v) is 7.73. The molecule has 0 saturated carbocycles. The smallest absolute Gasteiger partial charge is 0.291 e. The summed E-state index contributed by atoms with van der Waals surface area (Å²) in [6.45, 7) is 2.47. The van der Waals surface area contributed by atoms with Crippen molar-refractivity contribution in [3.8, 4) is 22.9 Å². The lowest BCUT2D eigenvalue weighted by molar-refractivity contribution is 0.311. The van der Waals surface area contributed by atoms with Gasteiger partial charge in [0.1, 0.15) is 0 Å². The average molecular weight is 458 g/mol. The quantitative estimate of drug-likeness (QED) is 0.458. The third kappa shape index (κ3) is 3.41. The minimum absolute atomic E-state index is 0.196. The Kier molecular flexibility index (Phi) is 5.15. The molecule has 8 heteroatoms. The van der Waals surface area contributed by atoms with E-state index in [4.69, 9.17) is 9.47 Å². The van der Waals surface area contributed by atoms with Crippen LogP contribution in [-0.2, 0) is 0 Å². The van der Waals surface area contributed by atoms with Gasteiger partial charge in [0.05, 0.1) is 18.2 Å². The van der Waals surface area contributed by atoms with Crippen LogP contribution in [0.25, 0.3) is 22.4 Å². The SMILES string of the molecule is CCOc1ccc(C=c2sc3nc(-c4ccccc4Br)nn3c2=O)cc1OC. The molecule has 4 aromatic rings. The van der Waals surface area contributed by atoms with E-state index in [0.29, 0.717) is 33.4 Å². The summed E-state index contributed by atoms with van der Waals surface area (Å²) in [6, 6.07) is 13.2. The van der Waals surface area contributed by atoms with Crippen molar-refractivity contribution in [2.45, 2.75) is 6.92 Å². The van der Waals surface area contributed by atoms with Crippen molar-refractivity contribution < 1.29 is 9.47 Å². The van der Waals surface area contributed by atoms with E-state index in [1.807, 2.05) is 49.4 Å². The third-order valence-corrected chi connectivity index (χ3v) is 5.73. The highest BCUT2D eigenvalue weighted by atomic mass is 79.9. The first-order chi connectivity index (χ1) is 13.6. The normalized spacial score (nSPS) is 11.9. The van der Waals surface area contributed by atoms with Crippen LogP contribution in [0.2, 0.25) is 0 Å². The molecule has 0 unspecified atom stereocenters. The van der Waals surface area contributed by atoms with Crippen molar-refractivity contribution in [1.29, 1.82) is 0 Å². The molecular weight excluding hydrogens is 442 g/mol. The van der Waals surface area contributed by atoms with Crippen LogP contribution in [0.4, 0.5) is 0 Å². The van der Waals surface area contributed by atoms with Gasteiger partial charge in [-0.3, -0.25) is 4.79 Å². The topological polar surface area (TPSA) is 65.7 Å². The molecule has 0 saturated heterocycles. The van der Waals surface area contributed by atoms with Crippen LogP contribution in [0.15, 0.2) is 51.7 Å². The monoisotopic (exact) mass is 457 g/mol. The van der Waals surface area contributed by atoms with Crippen molar-refractivity contribution in [2.24, 2.45) is 0 Å². The zero-order chi connectivity index (χ0) is 19.7. The van der Waals surface area contributed by atoms with Crippen molar-refractivity contribution >= 4 is 38.3 Å². The Hall–Kier alpha value is -2.71. The molecule has 0 spiro atoms. The van der Waals surface area contributed by atoms with Gasteiger partial charge >= 0.3 is 0 Å². The van der Waals surface area contributed by atoms with Crippen LogP contribution in [0.1, 0.15) is 12.5 Å². The Morgan fingerprint density at radius 2 is 2.04 bits per heavy atom. The first-order valence-electron chi connectivity index (χ1n) is 8.57. The Bertz CT molecular complexity index is 1270. The highest BCUT2D eigenvalue weighted by Gasteiger charge is 2.14. The number of thiazole rings is 1. The summed E-state index contributed by atoms with van der Waals surface area (Å²) in [5.74, 6) is 1.81. The molecule has 0 bridgehead atoms. The summed E-state index contributed by atoms with van der Waals surface area (Å²) < 4.78 is 13.7. The highest BCUT2D eigenvalue weighted by molar-refractivity contribution is 9.10. The number of methoxy groups -OCH3 is 1. The van der Waals surface area contributed by atoms with E-state index in [-0.39, 0.29) is 5.56 Å². The number of hydrogen-bond donors (Lipinski definition) is 0. The number of hydrogen-bond acceptors (Lipinski definition) is 6. The molecular formula is C20H16BrN3O3S. The largest absolute Gasteiger partial charge is 0.493 e. The van der Waals surface area contributed by atoms with Crippen LogP contribution in [0.3, 0.4) is 0 Å². The Morgan fingerprint density at radius 1 is 1.21 bits per heavy atom. The number of rotatable bonds is 5. The first-order valence-corrected chi connectivity index (χ1v) is 10.2. The zero-order valence-electron chi connectivity index (χ0n) is 15.2. The maximum absolute atomic E-state index is 12.8. The summed E-state index contributed by atoms with van der Waals surface area (Å²) in [7, 11) is 1.59. The van der Waals surface area contributed by atoms with Crippen LogP contribution < -0.4 is 19.6 Å². The molecule has 6 nitrogen and oxygen atoms in total. The summed E-state index contributed by atoms with van der Waals surface area (Å²) in [6.07, 6.45) is 1.81. The Labute approximate surface area is 173 Å². The van der Waals surface area contributed by atoms with Crippen molar-refractivity contribution in [3.63, 3.8) is 0 Å². The average Bonchev–Trinajstić information content (AvgIpc) is 3.23. The standard InChI is InChI=1S/C20H16BrN3O3S/c1-3-27-15-9-8-12(10-16(15)26-2)11-17-19(25)24-20(28-17)22-18(23-24)13-6-4-5-7-14(13)21/h4-11H,3H2,1-2H3. The van der Waals surface area contributed by atoms with Gasteiger partial charge in [0.25, 0.3) is 5.56 Å². The van der Waals surface area contributed by atoms with Crippen molar-refractivity contribution in [2.75, 3.05) is 13.7 Å². The molecule has 0 aliphatic rings. The van der Waals surface area contributed by atoms with Crippen LogP contribution in [0.5, 0.6) is 11.5 Å². The lowest BCUT2D eigenvalue weighted by atomic mass is 10.2. The number of fused-ring (bicyclic) bond motifs is 1. The van der Waals surface area contributed by atoms with E-state index in [2.05, 4.69) is 26.0 Å². The molecule has 142 valence electrons. The number of ether oxygens (including phenoxy) is 2. The molecule has 2 heterocycles. The number of benzene rings is 2. The molecule has 0 aliphatic carbocycles. The van der Waals surface area contributed by atoms with Gasteiger partial charge in [0.15, 0.2) is 17.3 Å². The molecule has 0 amide bonds. The minimum atomic E-state index is -0.196. The molecule has 0 radical (unpaired) electrons. The van der Waals surface area contributed by atoms with Crippen LogP contribution in [0, 0.1) is 0 Å². The van der Waals surface area contributed by atoms with Crippen molar-refractivity contribution in [3.05, 3.63) is 67.4 Å². The lowest BCUT2D eigenvalue weighted by Crippen LogP contribution is -2.23. The minimum Gasteiger partial charge on any atom is -0.493 e. The summed E-state index contributed by atoms with van der Waals surface area (Å²) in [5, 5.41) is 4.39. The maximum Gasteiger partial charge on any atom is 0.291 e. The zero-order valence-corrected chi connectivity index (χ0v) is 17.6. The predicted octanol–water partition coefficient (Wildman–Crippen LogP) is 3.54. The molecule has 0 aliphatic heterocycles. The van der Waals surface area contributed by atoms with Gasteiger partial charge in [0, 0.05) is 10.0 Å². The number of nitrogens with zero attached hydrogens (tertiary/aromatic N) is 3. The Morgan fingerprint density at radius 3 is 2.75 bits per heavy atom. The van der Waals surface area contributed by atoms with Gasteiger partial charge in [-0.1, -0.05) is 45.5 Å². The van der Waals surface area contributed by atoms with Gasteiger partial charge < -0.3 is 9.47 Å². The molecule has 2 aromatic carbocycles. The van der Waals surface area contributed by atoms with E-state index in [9.17, 15) is 4.79 Å². The van der Waals surface area contributed by atoms with E-state index < -0.39 is 0 Å². The van der Waals surface area contributed by atoms with Gasteiger partial charge in [-0.25, -0.2) is 0 Å².